The van der Waals surface area contributed by atoms with Crippen LogP contribution >= 0.6 is 0 Å². The standard InChI is InChI=1S/C17H16FNO3/c1-22-17(21)13-6-4-7-14(11-13)19-16(20)10-9-12-5-2-3-8-15(12)18/h2-8,11H,9-10H2,1H3,(H,19,20). The zero-order valence-corrected chi connectivity index (χ0v) is 12.1. The molecular weight excluding hydrogens is 285 g/mol. The van der Waals surface area contributed by atoms with Crippen molar-refractivity contribution in [1.82, 2.24) is 0 Å². The molecule has 0 aliphatic rings. The van der Waals surface area contributed by atoms with Crippen LogP contribution < -0.4 is 5.32 Å². The number of rotatable bonds is 5. The molecule has 5 heteroatoms. The number of ether oxygens (including phenoxy) is 1. The van der Waals surface area contributed by atoms with Crippen LogP contribution in [0.5, 0.6) is 0 Å². The van der Waals surface area contributed by atoms with Crippen LogP contribution in [-0.4, -0.2) is 19.0 Å². The van der Waals surface area contributed by atoms with Crippen LogP contribution in [0.2, 0.25) is 0 Å². The third kappa shape index (κ3) is 4.15. The van der Waals surface area contributed by atoms with E-state index in [2.05, 4.69) is 10.1 Å². The summed E-state index contributed by atoms with van der Waals surface area (Å²) in [4.78, 5) is 23.3. The summed E-state index contributed by atoms with van der Waals surface area (Å²) in [6.45, 7) is 0. The van der Waals surface area contributed by atoms with Gasteiger partial charge in [0.05, 0.1) is 12.7 Å². The Morgan fingerprint density at radius 3 is 2.64 bits per heavy atom. The third-order valence-electron chi connectivity index (χ3n) is 3.15. The number of hydrogen-bond donors (Lipinski definition) is 1. The van der Waals surface area contributed by atoms with Gasteiger partial charge in [-0.05, 0) is 36.2 Å². The Balaban J connectivity index is 1.95. The van der Waals surface area contributed by atoms with E-state index in [1.54, 1.807) is 36.4 Å². The minimum atomic E-state index is -0.470. The first-order valence-corrected chi connectivity index (χ1v) is 6.82. The van der Waals surface area contributed by atoms with Gasteiger partial charge < -0.3 is 10.1 Å². The maximum atomic E-state index is 13.5. The molecule has 0 heterocycles. The van der Waals surface area contributed by atoms with Gasteiger partial charge in [0, 0.05) is 12.1 Å². The highest BCUT2D eigenvalue weighted by Gasteiger charge is 2.09. The largest absolute Gasteiger partial charge is 0.465 e. The molecule has 2 rings (SSSR count). The minimum Gasteiger partial charge on any atom is -0.465 e. The van der Waals surface area contributed by atoms with Gasteiger partial charge in [0.15, 0.2) is 0 Å². The quantitative estimate of drug-likeness (QED) is 0.863. The monoisotopic (exact) mass is 301 g/mol. The summed E-state index contributed by atoms with van der Waals surface area (Å²) in [5.41, 5.74) is 1.36. The molecule has 0 aliphatic heterocycles. The summed E-state index contributed by atoms with van der Waals surface area (Å²) < 4.78 is 18.1. The predicted octanol–water partition coefficient (Wildman–Crippen LogP) is 3.18. The first-order chi connectivity index (χ1) is 10.6. The van der Waals surface area contributed by atoms with Gasteiger partial charge in [-0.2, -0.15) is 0 Å². The number of carbonyl (C=O) groups is 2. The second kappa shape index (κ2) is 7.36. The number of amides is 1. The van der Waals surface area contributed by atoms with E-state index in [1.807, 2.05) is 0 Å². The van der Waals surface area contributed by atoms with E-state index in [4.69, 9.17) is 0 Å². The molecule has 1 amide bonds. The summed E-state index contributed by atoms with van der Waals surface area (Å²) in [5, 5.41) is 2.68. The molecule has 2 aromatic rings. The lowest BCUT2D eigenvalue weighted by Crippen LogP contribution is -2.13. The van der Waals surface area contributed by atoms with Crippen LogP contribution in [0.1, 0.15) is 22.3 Å². The third-order valence-corrected chi connectivity index (χ3v) is 3.15. The maximum Gasteiger partial charge on any atom is 0.337 e. The highest BCUT2D eigenvalue weighted by molar-refractivity contribution is 5.94. The topological polar surface area (TPSA) is 55.4 Å². The molecule has 0 atom stereocenters. The highest BCUT2D eigenvalue weighted by Crippen LogP contribution is 2.13. The number of hydrogen-bond acceptors (Lipinski definition) is 3. The van der Waals surface area contributed by atoms with Crippen molar-refractivity contribution >= 4 is 17.6 Å². The lowest BCUT2D eigenvalue weighted by atomic mass is 10.1. The smallest absolute Gasteiger partial charge is 0.337 e. The predicted molar refractivity (Wildman–Crippen MR) is 81.1 cm³/mol. The molecule has 4 nitrogen and oxygen atoms in total. The highest BCUT2D eigenvalue weighted by atomic mass is 19.1. The molecule has 0 aromatic heterocycles. The summed E-state index contributed by atoms with van der Waals surface area (Å²) in [5.74, 6) is -1.03. The number of aryl methyl sites for hydroxylation is 1. The van der Waals surface area contributed by atoms with Gasteiger partial charge in [0.1, 0.15) is 5.82 Å². The fraction of sp³-hybridized carbons (Fsp3) is 0.176. The molecule has 2 aromatic carbocycles. The zero-order valence-electron chi connectivity index (χ0n) is 12.1. The van der Waals surface area contributed by atoms with Gasteiger partial charge >= 0.3 is 5.97 Å². The van der Waals surface area contributed by atoms with Crippen molar-refractivity contribution in [1.29, 1.82) is 0 Å². The fourth-order valence-electron chi connectivity index (χ4n) is 2.01. The SMILES string of the molecule is COC(=O)c1cccc(NC(=O)CCc2ccccc2F)c1. The van der Waals surface area contributed by atoms with Crippen molar-refractivity contribution in [3.63, 3.8) is 0 Å². The number of methoxy groups -OCH3 is 1. The van der Waals surface area contributed by atoms with E-state index in [-0.39, 0.29) is 18.1 Å². The van der Waals surface area contributed by atoms with Gasteiger partial charge in [-0.3, -0.25) is 4.79 Å². The van der Waals surface area contributed by atoms with E-state index in [0.29, 0.717) is 23.2 Å². The molecule has 0 saturated heterocycles. The summed E-state index contributed by atoms with van der Waals surface area (Å²) >= 11 is 0. The molecule has 0 aliphatic carbocycles. The Morgan fingerprint density at radius 2 is 1.91 bits per heavy atom. The Morgan fingerprint density at radius 1 is 1.14 bits per heavy atom. The van der Waals surface area contributed by atoms with Gasteiger partial charge in [0.25, 0.3) is 0 Å². The van der Waals surface area contributed by atoms with Crippen molar-refractivity contribution < 1.29 is 18.7 Å². The van der Waals surface area contributed by atoms with E-state index in [1.165, 1.54) is 19.2 Å². The average molecular weight is 301 g/mol. The molecule has 0 unspecified atom stereocenters. The minimum absolute atomic E-state index is 0.156. The summed E-state index contributed by atoms with van der Waals surface area (Å²) in [6.07, 6.45) is 0.471. The van der Waals surface area contributed by atoms with Crippen molar-refractivity contribution in [2.24, 2.45) is 0 Å². The van der Waals surface area contributed by atoms with Crippen molar-refractivity contribution in [2.75, 3.05) is 12.4 Å². The molecule has 22 heavy (non-hydrogen) atoms. The van der Waals surface area contributed by atoms with Crippen LogP contribution in [0.15, 0.2) is 48.5 Å². The Kier molecular flexibility index (Phi) is 5.25. The number of carbonyl (C=O) groups excluding carboxylic acids is 2. The lowest BCUT2D eigenvalue weighted by molar-refractivity contribution is -0.116. The summed E-state index contributed by atoms with van der Waals surface area (Å²) in [6, 6.07) is 12.8. The number of benzene rings is 2. The van der Waals surface area contributed by atoms with Crippen LogP contribution in [-0.2, 0) is 16.0 Å². The lowest BCUT2D eigenvalue weighted by Gasteiger charge is -2.07. The first-order valence-electron chi connectivity index (χ1n) is 6.82. The van der Waals surface area contributed by atoms with Crippen LogP contribution in [0.3, 0.4) is 0 Å². The Labute approximate surface area is 127 Å². The molecule has 1 N–H and O–H groups in total. The number of anilines is 1. The second-order valence-corrected chi connectivity index (χ2v) is 4.71. The fourth-order valence-corrected chi connectivity index (χ4v) is 2.01. The number of esters is 1. The molecule has 0 radical (unpaired) electrons. The molecule has 0 spiro atoms. The molecule has 0 bridgehead atoms. The van der Waals surface area contributed by atoms with Gasteiger partial charge in [-0.1, -0.05) is 24.3 Å². The van der Waals surface area contributed by atoms with Gasteiger partial charge in [0.2, 0.25) is 5.91 Å². The van der Waals surface area contributed by atoms with Crippen molar-refractivity contribution in [3.05, 3.63) is 65.5 Å². The van der Waals surface area contributed by atoms with E-state index in [9.17, 15) is 14.0 Å². The first kappa shape index (κ1) is 15.7. The Hall–Kier alpha value is -2.69. The van der Waals surface area contributed by atoms with Crippen LogP contribution in [0.25, 0.3) is 0 Å². The average Bonchev–Trinajstić information content (AvgIpc) is 2.53. The zero-order chi connectivity index (χ0) is 15.9. The second-order valence-electron chi connectivity index (χ2n) is 4.71. The van der Waals surface area contributed by atoms with E-state index < -0.39 is 5.97 Å². The van der Waals surface area contributed by atoms with E-state index >= 15 is 0 Å². The molecule has 114 valence electrons. The van der Waals surface area contributed by atoms with Crippen LogP contribution in [0.4, 0.5) is 10.1 Å². The summed E-state index contributed by atoms with van der Waals surface area (Å²) in [7, 11) is 1.29. The van der Waals surface area contributed by atoms with Crippen molar-refractivity contribution in [2.45, 2.75) is 12.8 Å². The molecule has 0 saturated carbocycles. The van der Waals surface area contributed by atoms with Gasteiger partial charge in [-0.15, -0.1) is 0 Å². The molecular formula is C17H16FNO3. The Bertz CT molecular complexity index is 685. The van der Waals surface area contributed by atoms with E-state index in [0.717, 1.165) is 0 Å². The van der Waals surface area contributed by atoms with Gasteiger partial charge in [-0.25, -0.2) is 9.18 Å². The van der Waals surface area contributed by atoms with Crippen LogP contribution in [0, 0.1) is 5.82 Å². The van der Waals surface area contributed by atoms with Crippen molar-refractivity contribution in [3.8, 4) is 0 Å². The normalized spacial score (nSPS) is 10.1. The maximum absolute atomic E-state index is 13.5. The molecule has 0 fully saturated rings. The number of halogens is 1. The number of nitrogens with one attached hydrogen (secondary N) is 1.